The Labute approximate surface area is 127 Å². The highest BCUT2D eigenvalue weighted by Crippen LogP contribution is 2.25. The first-order valence-electron chi connectivity index (χ1n) is 5.41. The van der Waals surface area contributed by atoms with Gasteiger partial charge in [-0.25, -0.2) is 0 Å². The average molecular weight is 359 g/mol. The summed E-state index contributed by atoms with van der Waals surface area (Å²) in [5.41, 5.74) is 6.25. The molecular weight excluding hydrogens is 348 g/mol. The molecule has 0 fully saturated rings. The van der Waals surface area contributed by atoms with Gasteiger partial charge in [-0.1, -0.05) is 35.2 Å². The van der Waals surface area contributed by atoms with Gasteiger partial charge in [-0.2, -0.15) is 0 Å². The number of thioether (sulfide) groups is 1. The van der Waals surface area contributed by atoms with Crippen molar-refractivity contribution in [3.63, 3.8) is 0 Å². The minimum absolute atomic E-state index is 0.0307. The van der Waals surface area contributed by atoms with Crippen LogP contribution in [0.25, 0.3) is 0 Å². The van der Waals surface area contributed by atoms with E-state index in [0.29, 0.717) is 17.3 Å². The lowest BCUT2D eigenvalue weighted by molar-refractivity contribution is -0.115. The van der Waals surface area contributed by atoms with Gasteiger partial charge in [0.25, 0.3) is 0 Å². The molecule has 0 unspecified atom stereocenters. The molecule has 19 heavy (non-hydrogen) atoms. The van der Waals surface area contributed by atoms with E-state index in [1.165, 1.54) is 23.1 Å². The fourth-order valence-electron chi connectivity index (χ4n) is 1.29. The van der Waals surface area contributed by atoms with Crippen LogP contribution in [-0.2, 0) is 4.79 Å². The molecule has 0 aliphatic carbocycles. The predicted octanol–water partition coefficient (Wildman–Crippen LogP) is 3.00. The van der Waals surface area contributed by atoms with Gasteiger partial charge in [0.1, 0.15) is 0 Å². The topological polar surface area (TPSA) is 80.9 Å². The number of carbonyl (C=O) groups is 1. The maximum absolute atomic E-state index is 11.8. The third-order valence-corrected chi connectivity index (χ3v) is 4.70. The molecule has 2 aromatic rings. The highest BCUT2D eigenvalue weighted by Gasteiger charge is 2.07. The Morgan fingerprint density at radius 2 is 2.21 bits per heavy atom. The van der Waals surface area contributed by atoms with Crippen LogP contribution in [0.2, 0.25) is 0 Å². The van der Waals surface area contributed by atoms with Gasteiger partial charge in [0.05, 0.1) is 5.69 Å². The molecular formula is C11H11BrN4OS2. The lowest BCUT2D eigenvalue weighted by atomic mass is 10.3. The molecule has 0 radical (unpaired) electrons. The van der Waals surface area contributed by atoms with Crippen molar-refractivity contribution < 1.29 is 4.79 Å². The number of hydrogen-bond donors (Lipinski definition) is 2. The lowest BCUT2D eigenvalue weighted by Crippen LogP contribution is -2.12. The Balaban J connectivity index is 1.77. The summed E-state index contributed by atoms with van der Waals surface area (Å²) in [6.45, 7) is 0. The van der Waals surface area contributed by atoms with Gasteiger partial charge in [0, 0.05) is 16.6 Å². The van der Waals surface area contributed by atoms with Crippen LogP contribution in [0.5, 0.6) is 0 Å². The number of nitrogen functional groups attached to an aromatic ring is 1. The van der Waals surface area contributed by atoms with Crippen LogP contribution in [0.1, 0.15) is 6.42 Å². The zero-order chi connectivity index (χ0) is 13.7. The summed E-state index contributed by atoms with van der Waals surface area (Å²) in [5, 5.41) is 10.9. The fraction of sp³-hybridized carbons (Fsp3) is 0.182. The van der Waals surface area contributed by atoms with Gasteiger partial charge >= 0.3 is 0 Å². The number of carbonyl (C=O) groups excluding carboxylic acids is 1. The number of aromatic nitrogens is 2. The molecule has 0 aliphatic rings. The largest absolute Gasteiger partial charge is 0.374 e. The second-order valence-electron chi connectivity index (χ2n) is 3.53. The number of nitrogens with one attached hydrogen (secondary N) is 1. The van der Waals surface area contributed by atoms with Gasteiger partial charge in [-0.15, -0.1) is 10.2 Å². The van der Waals surface area contributed by atoms with Crippen molar-refractivity contribution in [2.75, 3.05) is 16.8 Å². The minimum atomic E-state index is -0.0307. The fourth-order valence-corrected chi connectivity index (χ4v) is 3.31. The van der Waals surface area contributed by atoms with Crippen molar-refractivity contribution >= 4 is 55.8 Å². The number of amides is 1. The highest BCUT2D eigenvalue weighted by atomic mass is 79.9. The van der Waals surface area contributed by atoms with E-state index in [1.54, 1.807) is 0 Å². The third kappa shape index (κ3) is 4.48. The predicted molar refractivity (Wildman–Crippen MR) is 82.4 cm³/mol. The molecule has 2 rings (SSSR count). The minimum Gasteiger partial charge on any atom is -0.374 e. The number of halogens is 1. The van der Waals surface area contributed by atoms with Crippen LogP contribution in [0, 0.1) is 0 Å². The standard InChI is InChI=1S/C11H11BrN4OS2/c12-7-3-1-2-4-8(7)14-9(17)5-6-18-11-16-15-10(13)19-11/h1-4H,5-6H2,(H2,13,15)(H,14,17). The van der Waals surface area contributed by atoms with Gasteiger partial charge in [-0.3, -0.25) is 4.79 Å². The molecule has 1 amide bonds. The summed E-state index contributed by atoms with van der Waals surface area (Å²) in [4.78, 5) is 11.8. The molecule has 3 N–H and O–H groups in total. The Morgan fingerprint density at radius 3 is 2.89 bits per heavy atom. The van der Waals surface area contributed by atoms with Crippen LogP contribution < -0.4 is 11.1 Å². The highest BCUT2D eigenvalue weighted by molar-refractivity contribution is 9.10. The molecule has 100 valence electrons. The van der Waals surface area contributed by atoms with E-state index in [9.17, 15) is 4.79 Å². The Hall–Kier alpha value is -1.12. The van der Waals surface area contributed by atoms with E-state index in [0.717, 1.165) is 14.5 Å². The van der Waals surface area contributed by atoms with E-state index in [-0.39, 0.29) is 5.91 Å². The Kier molecular flexibility index (Phi) is 5.17. The summed E-state index contributed by atoms with van der Waals surface area (Å²) in [7, 11) is 0. The van der Waals surface area contributed by atoms with Crippen LogP contribution in [0.4, 0.5) is 10.8 Å². The van der Waals surface area contributed by atoms with Crippen LogP contribution in [0.15, 0.2) is 33.1 Å². The normalized spacial score (nSPS) is 10.4. The van der Waals surface area contributed by atoms with E-state index in [4.69, 9.17) is 5.73 Å². The van der Waals surface area contributed by atoms with E-state index in [2.05, 4.69) is 31.4 Å². The Morgan fingerprint density at radius 1 is 1.42 bits per heavy atom. The summed E-state index contributed by atoms with van der Waals surface area (Å²) >= 11 is 6.18. The number of para-hydroxylation sites is 1. The van der Waals surface area contributed by atoms with Gasteiger partial charge in [0.15, 0.2) is 4.34 Å². The second-order valence-corrected chi connectivity index (χ2v) is 6.74. The number of benzene rings is 1. The van der Waals surface area contributed by atoms with Crippen molar-refractivity contribution in [3.05, 3.63) is 28.7 Å². The lowest BCUT2D eigenvalue weighted by Gasteiger charge is -2.06. The first-order chi connectivity index (χ1) is 9.15. The smallest absolute Gasteiger partial charge is 0.225 e. The molecule has 0 aliphatic heterocycles. The number of rotatable bonds is 5. The van der Waals surface area contributed by atoms with Gasteiger partial charge < -0.3 is 11.1 Å². The average Bonchev–Trinajstić information content (AvgIpc) is 2.78. The molecule has 8 heteroatoms. The van der Waals surface area contributed by atoms with Crippen molar-refractivity contribution in [2.45, 2.75) is 10.8 Å². The number of nitrogens with two attached hydrogens (primary N) is 1. The molecule has 0 saturated carbocycles. The number of hydrogen-bond acceptors (Lipinski definition) is 6. The SMILES string of the molecule is Nc1nnc(SCCC(=O)Nc2ccccc2Br)s1. The van der Waals surface area contributed by atoms with E-state index < -0.39 is 0 Å². The quantitative estimate of drug-likeness (QED) is 0.802. The summed E-state index contributed by atoms with van der Waals surface area (Å²) < 4.78 is 1.65. The number of anilines is 2. The van der Waals surface area contributed by atoms with Gasteiger partial charge in [-0.05, 0) is 28.1 Å². The molecule has 5 nitrogen and oxygen atoms in total. The molecule has 0 atom stereocenters. The monoisotopic (exact) mass is 358 g/mol. The summed E-state index contributed by atoms with van der Waals surface area (Å²) in [5.74, 6) is 0.613. The van der Waals surface area contributed by atoms with Crippen molar-refractivity contribution in [2.24, 2.45) is 0 Å². The molecule has 0 spiro atoms. The summed E-state index contributed by atoms with van der Waals surface area (Å²) in [6, 6.07) is 7.50. The third-order valence-electron chi connectivity index (χ3n) is 2.12. The van der Waals surface area contributed by atoms with Gasteiger partial charge in [0.2, 0.25) is 11.0 Å². The molecule has 1 aromatic carbocycles. The zero-order valence-corrected chi connectivity index (χ0v) is 13.0. The molecule has 1 heterocycles. The van der Waals surface area contributed by atoms with Crippen LogP contribution in [0.3, 0.4) is 0 Å². The van der Waals surface area contributed by atoms with Crippen LogP contribution in [-0.4, -0.2) is 21.9 Å². The number of nitrogens with zero attached hydrogens (tertiary/aromatic N) is 2. The molecule has 0 saturated heterocycles. The molecule has 1 aromatic heterocycles. The second kappa shape index (κ2) is 6.88. The first-order valence-corrected chi connectivity index (χ1v) is 8.01. The van der Waals surface area contributed by atoms with Crippen molar-refractivity contribution in [1.82, 2.24) is 10.2 Å². The van der Waals surface area contributed by atoms with Crippen LogP contribution >= 0.6 is 39.0 Å². The first kappa shape index (κ1) is 14.3. The maximum Gasteiger partial charge on any atom is 0.225 e. The van der Waals surface area contributed by atoms with Crippen molar-refractivity contribution in [3.8, 4) is 0 Å². The van der Waals surface area contributed by atoms with E-state index >= 15 is 0 Å². The van der Waals surface area contributed by atoms with E-state index in [1.807, 2.05) is 24.3 Å². The molecule has 0 bridgehead atoms. The maximum atomic E-state index is 11.8. The van der Waals surface area contributed by atoms with Crippen molar-refractivity contribution in [1.29, 1.82) is 0 Å². The zero-order valence-electron chi connectivity index (χ0n) is 9.80. The summed E-state index contributed by atoms with van der Waals surface area (Å²) in [6.07, 6.45) is 0.408. The Bertz CT molecular complexity index is 575.